The predicted octanol–water partition coefficient (Wildman–Crippen LogP) is 1.20. The monoisotopic (exact) mass is 329 g/mol. The highest BCUT2D eigenvalue weighted by atomic mass is 16.3. The summed E-state index contributed by atoms with van der Waals surface area (Å²) in [6, 6.07) is 2.04. The molecule has 0 saturated heterocycles. The van der Waals surface area contributed by atoms with E-state index in [9.17, 15) is 9.59 Å². The van der Waals surface area contributed by atoms with Crippen LogP contribution in [0.5, 0.6) is 0 Å². The number of fused-ring (bicyclic) bond motifs is 1. The van der Waals surface area contributed by atoms with Crippen molar-refractivity contribution in [2.24, 2.45) is 0 Å². The highest BCUT2D eigenvalue weighted by Gasteiger charge is 2.26. The first kappa shape index (κ1) is 14.9. The Hall–Kier alpha value is -2.64. The number of hydrogen-bond acceptors (Lipinski definition) is 5. The van der Waals surface area contributed by atoms with E-state index in [1.807, 2.05) is 0 Å². The third-order valence-electron chi connectivity index (χ3n) is 4.66. The Labute approximate surface area is 138 Å². The zero-order chi connectivity index (χ0) is 16.5. The van der Waals surface area contributed by atoms with E-state index in [0.717, 1.165) is 18.5 Å². The molecule has 0 radical (unpaired) electrons. The molecular weight excluding hydrogens is 310 g/mol. The van der Waals surface area contributed by atoms with Gasteiger partial charge in [-0.15, -0.1) is 0 Å². The number of amides is 2. The molecule has 2 aromatic heterocycles. The van der Waals surface area contributed by atoms with E-state index in [2.05, 4.69) is 15.4 Å². The lowest BCUT2D eigenvalue weighted by atomic mass is 10.2. The van der Waals surface area contributed by atoms with Crippen molar-refractivity contribution < 1.29 is 14.0 Å². The first-order chi connectivity index (χ1) is 11.7. The Bertz CT molecular complexity index is 746. The van der Waals surface area contributed by atoms with Gasteiger partial charge in [0.1, 0.15) is 6.26 Å². The van der Waals surface area contributed by atoms with Crippen molar-refractivity contribution in [2.75, 3.05) is 6.54 Å². The summed E-state index contributed by atoms with van der Waals surface area (Å²) in [5, 5.41) is 7.42. The Morgan fingerprint density at radius 3 is 2.79 bits per heavy atom. The highest BCUT2D eigenvalue weighted by Crippen LogP contribution is 2.19. The number of oxazole rings is 1. The Kier molecular flexibility index (Phi) is 3.79. The Balaban J connectivity index is 1.45. The number of nitrogens with one attached hydrogen (secondary N) is 1. The molecule has 1 aliphatic heterocycles. The second-order valence-corrected chi connectivity index (χ2v) is 6.30. The Morgan fingerprint density at radius 1 is 1.21 bits per heavy atom. The van der Waals surface area contributed by atoms with Gasteiger partial charge in [0, 0.05) is 12.6 Å². The highest BCUT2D eigenvalue weighted by molar-refractivity contribution is 5.93. The molecule has 0 atom stereocenters. The molecule has 8 nitrogen and oxygen atoms in total. The summed E-state index contributed by atoms with van der Waals surface area (Å²) in [6.45, 7) is 1.51. The minimum atomic E-state index is -0.173. The molecule has 1 N–H and O–H groups in total. The van der Waals surface area contributed by atoms with Gasteiger partial charge < -0.3 is 14.6 Å². The van der Waals surface area contributed by atoms with Crippen LogP contribution in [0.1, 0.15) is 52.4 Å². The molecule has 0 bridgehead atoms. The van der Waals surface area contributed by atoms with Crippen molar-refractivity contribution in [1.29, 1.82) is 0 Å². The van der Waals surface area contributed by atoms with Crippen molar-refractivity contribution in [3.63, 3.8) is 0 Å². The molecule has 0 spiro atoms. The molecule has 1 saturated carbocycles. The van der Waals surface area contributed by atoms with E-state index in [1.54, 1.807) is 15.6 Å². The van der Waals surface area contributed by atoms with Gasteiger partial charge in [0.25, 0.3) is 11.8 Å². The van der Waals surface area contributed by atoms with Crippen molar-refractivity contribution in [3.8, 4) is 0 Å². The van der Waals surface area contributed by atoms with Crippen LogP contribution in [0.2, 0.25) is 0 Å². The molecule has 0 aromatic carbocycles. The van der Waals surface area contributed by atoms with Crippen LogP contribution in [-0.4, -0.2) is 44.1 Å². The number of rotatable bonds is 3. The summed E-state index contributed by atoms with van der Waals surface area (Å²) in [5.41, 5.74) is 1.57. The third-order valence-corrected chi connectivity index (χ3v) is 4.66. The quantitative estimate of drug-likeness (QED) is 0.913. The molecule has 2 aliphatic rings. The lowest BCUT2D eigenvalue weighted by Gasteiger charge is -2.26. The lowest BCUT2D eigenvalue weighted by Crippen LogP contribution is -2.38. The van der Waals surface area contributed by atoms with Crippen LogP contribution in [-0.2, 0) is 13.1 Å². The predicted molar refractivity (Wildman–Crippen MR) is 83.2 cm³/mol. The summed E-state index contributed by atoms with van der Waals surface area (Å²) in [7, 11) is 0. The number of hydrogen-bond donors (Lipinski definition) is 1. The van der Waals surface area contributed by atoms with Crippen molar-refractivity contribution in [1.82, 2.24) is 25.0 Å². The molecule has 24 heavy (non-hydrogen) atoms. The lowest BCUT2D eigenvalue weighted by molar-refractivity contribution is 0.0699. The minimum absolute atomic E-state index is 0.127. The molecule has 4 rings (SSSR count). The van der Waals surface area contributed by atoms with Crippen LogP contribution >= 0.6 is 0 Å². The van der Waals surface area contributed by atoms with Gasteiger partial charge >= 0.3 is 0 Å². The van der Waals surface area contributed by atoms with Crippen LogP contribution in [0.15, 0.2) is 23.1 Å². The summed E-state index contributed by atoms with van der Waals surface area (Å²) in [4.78, 5) is 30.2. The van der Waals surface area contributed by atoms with Crippen LogP contribution in [0, 0.1) is 0 Å². The molecular formula is C16H19N5O3. The van der Waals surface area contributed by atoms with E-state index < -0.39 is 0 Å². The molecule has 3 heterocycles. The zero-order valence-electron chi connectivity index (χ0n) is 13.3. The second-order valence-electron chi connectivity index (χ2n) is 6.30. The van der Waals surface area contributed by atoms with Crippen LogP contribution < -0.4 is 5.32 Å². The number of carbonyl (C=O) groups excluding carboxylic acids is 2. The standard InChI is InChI=1S/C16H19N5O3/c22-15(18-11-3-1-2-4-11)13-7-12-8-20(5-6-21(12)19-13)16(23)14-9-24-10-17-14/h7,9-11H,1-6,8H2,(H,18,22). The summed E-state index contributed by atoms with van der Waals surface area (Å²) >= 11 is 0. The van der Waals surface area contributed by atoms with Gasteiger partial charge in [0.2, 0.25) is 0 Å². The summed E-state index contributed by atoms with van der Waals surface area (Å²) < 4.78 is 6.67. The summed E-state index contributed by atoms with van der Waals surface area (Å²) in [5.74, 6) is -0.300. The van der Waals surface area contributed by atoms with Gasteiger partial charge in [-0.05, 0) is 18.9 Å². The van der Waals surface area contributed by atoms with Crippen molar-refractivity contribution in [3.05, 3.63) is 35.8 Å². The van der Waals surface area contributed by atoms with E-state index in [1.165, 1.54) is 25.5 Å². The molecule has 8 heteroatoms. The average Bonchev–Trinajstić information content (AvgIpc) is 3.33. The topological polar surface area (TPSA) is 93.3 Å². The molecule has 0 unspecified atom stereocenters. The van der Waals surface area contributed by atoms with Crippen LogP contribution in [0.25, 0.3) is 0 Å². The van der Waals surface area contributed by atoms with Gasteiger partial charge in [-0.3, -0.25) is 14.3 Å². The molecule has 2 amide bonds. The molecule has 126 valence electrons. The van der Waals surface area contributed by atoms with Crippen molar-refractivity contribution in [2.45, 2.75) is 44.8 Å². The zero-order valence-corrected chi connectivity index (χ0v) is 13.3. The first-order valence-electron chi connectivity index (χ1n) is 8.26. The fraction of sp³-hybridized carbons (Fsp3) is 0.500. The first-order valence-corrected chi connectivity index (χ1v) is 8.26. The van der Waals surface area contributed by atoms with E-state index >= 15 is 0 Å². The number of aromatic nitrogens is 3. The number of nitrogens with zero attached hydrogens (tertiary/aromatic N) is 4. The maximum absolute atomic E-state index is 12.3. The molecule has 1 aliphatic carbocycles. The third kappa shape index (κ3) is 2.79. The maximum Gasteiger partial charge on any atom is 0.276 e. The van der Waals surface area contributed by atoms with Gasteiger partial charge in [0.05, 0.1) is 18.8 Å². The van der Waals surface area contributed by atoms with E-state index in [-0.39, 0.29) is 17.9 Å². The van der Waals surface area contributed by atoms with E-state index in [0.29, 0.717) is 31.0 Å². The average molecular weight is 329 g/mol. The number of carbonyl (C=O) groups is 2. The molecule has 1 fully saturated rings. The minimum Gasteiger partial charge on any atom is -0.451 e. The van der Waals surface area contributed by atoms with Gasteiger partial charge in [0.15, 0.2) is 17.8 Å². The smallest absolute Gasteiger partial charge is 0.276 e. The van der Waals surface area contributed by atoms with Gasteiger partial charge in [-0.1, -0.05) is 12.8 Å². The SMILES string of the molecule is O=C(NC1CCCC1)c1cc2n(n1)CCN(C(=O)c1cocn1)C2. The fourth-order valence-corrected chi connectivity index (χ4v) is 3.36. The Morgan fingerprint density at radius 2 is 2.04 bits per heavy atom. The van der Waals surface area contributed by atoms with Gasteiger partial charge in [-0.25, -0.2) is 4.98 Å². The van der Waals surface area contributed by atoms with Crippen LogP contribution in [0.4, 0.5) is 0 Å². The largest absolute Gasteiger partial charge is 0.451 e. The maximum atomic E-state index is 12.3. The van der Waals surface area contributed by atoms with E-state index in [4.69, 9.17) is 4.42 Å². The van der Waals surface area contributed by atoms with Crippen molar-refractivity contribution >= 4 is 11.8 Å². The molecule has 2 aromatic rings. The van der Waals surface area contributed by atoms with Gasteiger partial charge in [-0.2, -0.15) is 5.10 Å². The second kappa shape index (κ2) is 6.10. The fourth-order valence-electron chi connectivity index (χ4n) is 3.36. The normalized spacial score (nSPS) is 17.8. The summed E-state index contributed by atoms with van der Waals surface area (Å²) in [6.07, 6.45) is 7.01. The van der Waals surface area contributed by atoms with Crippen LogP contribution in [0.3, 0.4) is 0 Å².